The number of hydrogen-bond donors (Lipinski definition) is 1. The molecule has 112 valence electrons. The minimum atomic E-state index is -0.431. The molecule has 1 aromatic rings. The van der Waals surface area contributed by atoms with Crippen molar-refractivity contribution in [2.45, 2.75) is 45.2 Å². The number of aryl methyl sites for hydroxylation is 1. The number of aliphatic hydroxyl groups is 1. The van der Waals surface area contributed by atoms with E-state index in [1.54, 1.807) is 0 Å². The number of carbonyl (C=O) groups is 1. The molecule has 1 aromatic heterocycles. The van der Waals surface area contributed by atoms with E-state index in [4.69, 9.17) is 14.3 Å². The van der Waals surface area contributed by atoms with Crippen molar-refractivity contribution >= 4 is 5.97 Å². The average Bonchev–Trinajstić information content (AvgIpc) is 2.74. The van der Waals surface area contributed by atoms with Crippen LogP contribution in [0.1, 0.15) is 47.6 Å². The van der Waals surface area contributed by atoms with E-state index in [0.717, 1.165) is 24.3 Å². The van der Waals surface area contributed by atoms with Gasteiger partial charge in [-0.05, 0) is 32.3 Å². The van der Waals surface area contributed by atoms with E-state index >= 15 is 0 Å². The molecule has 2 rings (SSSR count). The number of ether oxygens (including phenoxy) is 1. The Morgan fingerprint density at radius 3 is 2.85 bits per heavy atom. The van der Waals surface area contributed by atoms with Gasteiger partial charge in [0.1, 0.15) is 5.76 Å². The standard InChI is InChI=1S/C15H23NO4/c1-11-9-13(20-14(11)15(18)19-2)10-16(7-4-8-17)12-5-3-6-12/h9,12,17H,3-8,10H2,1-2H3. The van der Waals surface area contributed by atoms with Gasteiger partial charge in [0.2, 0.25) is 5.76 Å². The van der Waals surface area contributed by atoms with Crippen molar-refractivity contribution < 1.29 is 19.1 Å². The molecule has 0 spiro atoms. The summed E-state index contributed by atoms with van der Waals surface area (Å²) in [4.78, 5) is 13.9. The topological polar surface area (TPSA) is 62.9 Å². The van der Waals surface area contributed by atoms with Gasteiger partial charge in [0.25, 0.3) is 0 Å². The Morgan fingerprint density at radius 2 is 2.30 bits per heavy atom. The van der Waals surface area contributed by atoms with Gasteiger partial charge < -0.3 is 14.3 Å². The van der Waals surface area contributed by atoms with Crippen molar-refractivity contribution in [2.75, 3.05) is 20.3 Å². The van der Waals surface area contributed by atoms with Crippen LogP contribution in [0.25, 0.3) is 0 Å². The fourth-order valence-corrected chi connectivity index (χ4v) is 2.54. The van der Waals surface area contributed by atoms with Crippen molar-refractivity contribution in [3.8, 4) is 0 Å². The van der Waals surface area contributed by atoms with Crippen LogP contribution in [0.2, 0.25) is 0 Å². The Bertz CT molecular complexity index is 451. The number of hydrogen-bond acceptors (Lipinski definition) is 5. The summed E-state index contributed by atoms with van der Waals surface area (Å²) in [6.45, 7) is 3.59. The maximum absolute atomic E-state index is 11.5. The fraction of sp³-hybridized carbons (Fsp3) is 0.667. The molecule has 0 atom stereocenters. The number of furan rings is 1. The zero-order chi connectivity index (χ0) is 14.5. The van der Waals surface area contributed by atoms with Crippen LogP contribution in [0.5, 0.6) is 0 Å². The molecule has 5 nitrogen and oxygen atoms in total. The van der Waals surface area contributed by atoms with Crippen molar-refractivity contribution in [3.05, 3.63) is 23.2 Å². The van der Waals surface area contributed by atoms with Crippen molar-refractivity contribution in [1.82, 2.24) is 4.90 Å². The van der Waals surface area contributed by atoms with Crippen LogP contribution < -0.4 is 0 Å². The molecule has 0 aliphatic heterocycles. The lowest BCUT2D eigenvalue weighted by Gasteiger charge is -2.37. The highest BCUT2D eigenvalue weighted by molar-refractivity contribution is 5.87. The van der Waals surface area contributed by atoms with Crippen LogP contribution in [-0.4, -0.2) is 42.3 Å². The highest BCUT2D eigenvalue weighted by atomic mass is 16.5. The van der Waals surface area contributed by atoms with Crippen molar-refractivity contribution in [2.24, 2.45) is 0 Å². The van der Waals surface area contributed by atoms with E-state index in [0.29, 0.717) is 18.3 Å². The van der Waals surface area contributed by atoms with Crippen LogP contribution in [-0.2, 0) is 11.3 Å². The zero-order valence-corrected chi connectivity index (χ0v) is 12.2. The summed E-state index contributed by atoms with van der Waals surface area (Å²) in [5.74, 6) is 0.644. The molecule has 1 heterocycles. The lowest BCUT2D eigenvalue weighted by atomic mass is 9.91. The van der Waals surface area contributed by atoms with Crippen LogP contribution in [0.3, 0.4) is 0 Å². The minimum absolute atomic E-state index is 0.202. The molecule has 20 heavy (non-hydrogen) atoms. The second-order valence-corrected chi connectivity index (χ2v) is 5.35. The first-order valence-electron chi connectivity index (χ1n) is 7.18. The number of nitrogens with zero attached hydrogens (tertiary/aromatic N) is 1. The highest BCUT2D eigenvalue weighted by Gasteiger charge is 2.26. The third kappa shape index (κ3) is 3.41. The number of methoxy groups -OCH3 is 1. The molecular formula is C15H23NO4. The van der Waals surface area contributed by atoms with Gasteiger partial charge in [-0.25, -0.2) is 4.79 Å². The smallest absolute Gasteiger partial charge is 0.374 e. The third-order valence-electron chi connectivity index (χ3n) is 3.89. The number of esters is 1. The molecule has 1 aliphatic carbocycles. The molecule has 1 aliphatic rings. The molecule has 0 unspecified atom stereocenters. The Hall–Kier alpha value is -1.33. The third-order valence-corrected chi connectivity index (χ3v) is 3.89. The summed E-state index contributed by atoms with van der Waals surface area (Å²) < 4.78 is 10.3. The van der Waals surface area contributed by atoms with E-state index in [1.807, 2.05) is 13.0 Å². The molecule has 1 saturated carbocycles. The minimum Gasteiger partial charge on any atom is -0.463 e. The van der Waals surface area contributed by atoms with Gasteiger partial charge in [-0.2, -0.15) is 0 Å². The quantitative estimate of drug-likeness (QED) is 0.776. The van der Waals surface area contributed by atoms with Gasteiger partial charge in [-0.15, -0.1) is 0 Å². The Kier molecular flexibility index (Phi) is 5.20. The van der Waals surface area contributed by atoms with E-state index in [2.05, 4.69) is 4.90 Å². The van der Waals surface area contributed by atoms with Crippen LogP contribution in [0.15, 0.2) is 10.5 Å². The second-order valence-electron chi connectivity index (χ2n) is 5.35. The summed E-state index contributed by atoms with van der Waals surface area (Å²) in [5, 5.41) is 9.00. The van der Waals surface area contributed by atoms with Crippen LogP contribution >= 0.6 is 0 Å². The normalized spacial score (nSPS) is 15.4. The Balaban J connectivity index is 2.04. The molecule has 0 amide bonds. The maximum atomic E-state index is 11.5. The van der Waals surface area contributed by atoms with Gasteiger partial charge in [0.05, 0.1) is 13.7 Å². The average molecular weight is 281 g/mol. The molecule has 5 heteroatoms. The SMILES string of the molecule is COC(=O)c1oc(CN(CCCO)C2CCC2)cc1C. The number of aliphatic hydroxyl groups excluding tert-OH is 1. The number of carbonyl (C=O) groups excluding carboxylic acids is 1. The maximum Gasteiger partial charge on any atom is 0.374 e. The summed E-state index contributed by atoms with van der Waals surface area (Å²) in [6, 6.07) is 2.48. The molecule has 0 aromatic carbocycles. The molecule has 1 N–H and O–H groups in total. The first-order chi connectivity index (χ1) is 9.65. The summed E-state index contributed by atoms with van der Waals surface area (Å²) in [5.41, 5.74) is 0.808. The molecule has 0 saturated heterocycles. The van der Waals surface area contributed by atoms with E-state index in [-0.39, 0.29) is 6.61 Å². The predicted octanol–water partition coefficient (Wildman–Crippen LogP) is 2.11. The lowest BCUT2D eigenvalue weighted by molar-refractivity contribution is 0.0555. The van der Waals surface area contributed by atoms with Gasteiger partial charge in [0, 0.05) is 24.8 Å². The zero-order valence-electron chi connectivity index (χ0n) is 12.2. The van der Waals surface area contributed by atoms with E-state index < -0.39 is 5.97 Å². The lowest BCUT2D eigenvalue weighted by Crippen LogP contribution is -2.40. The Labute approximate surface area is 119 Å². The van der Waals surface area contributed by atoms with Crippen molar-refractivity contribution in [1.29, 1.82) is 0 Å². The first-order valence-corrected chi connectivity index (χ1v) is 7.18. The largest absolute Gasteiger partial charge is 0.463 e. The van der Waals surface area contributed by atoms with Crippen molar-refractivity contribution in [3.63, 3.8) is 0 Å². The fourth-order valence-electron chi connectivity index (χ4n) is 2.54. The molecule has 0 radical (unpaired) electrons. The first kappa shape index (κ1) is 15.1. The van der Waals surface area contributed by atoms with Gasteiger partial charge in [-0.1, -0.05) is 6.42 Å². The molecule has 1 fully saturated rings. The highest BCUT2D eigenvalue weighted by Crippen LogP contribution is 2.27. The predicted molar refractivity (Wildman–Crippen MR) is 74.5 cm³/mol. The second kappa shape index (κ2) is 6.90. The van der Waals surface area contributed by atoms with Gasteiger partial charge in [-0.3, -0.25) is 4.90 Å². The van der Waals surface area contributed by atoms with E-state index in [1.165, 1.54) is 26.4 Å². The van der Waals surface area contributed by atoms with Gasteiger partial charge in [0.15, 0.2) is 0 Å². The summed E-state index contributed by atoms with van der Waals surface area (Å²) >= 11 is 0. The molecular weight excluding hydrogens is 258 g/mol. The number of rotatable bonds is 7. The monoisotopic (exact) mass is 281 g/mol. The molecule has 0 bridgehead atoms. The van der Waals surface area contributed by atoms with Gasteiger partial charge >= 0.3 is 5.97 Å². The summed E-state index contributed by atoms with van der Waals surface area (Å²) in [6.07, 6.45) is 4.44. The Morgan fingerprint density at radius 1 is 1.55 bits per heavy atom. The van der Waals surface area contributed by atoms with E-state index in [9.17, 15) is 4.79 Å². The van der Waals surface area contributed by atoms with Crippen LogP contribution in [0.4, 0.5) is 0 Å². The summed E-state index contributed by atoms with van der Waals surface area (Å²) in [7, 11) is 1.35. The van der Waals surface area contributed by atoms with Crippen LogP contribution in [0, 0.1) is 6.92 Å².